The molecule has 0 aliphatic heterocycles. The molecule has 3 heteroatoms. The van der Waals surface area contributed by atoms with Crippen LogP contribution >= 0.6 is 15.9 Å². The van der Waals surface area contributed by atoms with Gasteiger partial charge in [0.1, 0.15) is 5.75 Å². The Morgan fingerprint density at radius 2 is 2.00 bits per heavy atom. The number of carbonyl (C=O) groups is 1. The standard InChI is InChI=1S/C14H19BrO2/c1-11-7-6-8-13(12(11)2)17-14(16)9-4-3-5-10-15/h6-8H,3-5,9-10H2,1-2H3. The first-order valence-corrected chi connectivity index (χ1v) is 7.10. The van der Waals surface area contributed by atoms with Gasteiger partial charge in [-0.1, -0.05) is 34.5 Å². The highest BCUT2D eigenvalue weighted by Gasteiger charge is 2.07. The summed E-state index contributed by atoms with van der Waals surface area (Å²) in [5.74, 6) is 0.559. The number of ether oxygens (including phenoxy) is 1. The maximum Gasteiger partial charge on any atom is 0.311 e. The van der Waals surface area contributed by atoms with E-state index in [1.54, 1.807) is 0 Å². The molecule has 0 saturated carbocycles. The Hall–Kier alpha value is -0.830. The van der Waals surface area contributed by atoms with Crippen molar-refractivity contribution in [2.24, 2.45) is 0 Å². The van der Waals surface area contributed by atoms with Crippen LogP contribution in [0.15, 0.2) is 18.2 Å². The number of alkyl halides is 1. The first kappa shape index (κ1) is 14.2. The molecule has 0 aliphatic rings. The molecule has 0 aliphatic carbocycles. The van der Waals surface area contributed by atoms with E-state index >= 15 is 0 Å². The minimum atomic E-state index is -0.131. The second-order valence-electron chi connectivity index (χ2n) is 4.17. The molecule has 0 bridgehead atoms. The number of hydrogen-bond acceptors (Lipinski definition) is 2. The van der Waals surface area contributed by atoms with Gasteiger partial charge in [-0.3, -0.25) is 4.79 Å². The molecule has 17 heavy (non-hydrogen) atoms. The normalized spacial score (nSPS) is 10.3. The van der Waals surface area contributed by atoms with E-state index in [0.717, 1.165) is 35.7 Å². The van der Waals surface area contributed by atoms with Crippen molar-refractivity contribution in [2.45, 2.75) is 39.5 Å². The lowest BCUT2D eigenvalue weighted by atomic mass is 10.1. The Morgan fingerprint density at radius 3 is 2.71 bits per heavy atom. The number of esters is 1. The van der Waals surface area contributed by atoms with E-state index in [0.29, 0.717) is 12.2 Å². The molecule has 2 nitrogen and oxygen atoms in total. The van der Waals surface area contributed by atoms with Gasteiger partial charge in [-0.05, 0) is 43.9 Å². The lowest BCUT2D eigenvalue weighted by Gasteiger charge is -2.08. The zero-order valence-electron chi connectivity index (χ0n) is 10.5. The van der Waals surface area contributed by atoms with Gasteiger partial charge in [-0.15, -0.1) is 0 Å². The number of benzene rings is 1. The van der Waals surface area contributed by atoms with Crippen LogP contribution in [0.4, 0.5) is 0 Å². The van der Waals surface area contributed by atoms with Crippen LogP contribution < -0.4 is 4.74 Å². The van der Waals surface area contributed by atoms with Crippen LogP contribution in [0.1, 0.15) is 36.8 Å². The van der Waals surface area contributed by atoms with Gasteiger partial charge in [0.15, 0.2) is 0 Å². The average Bonchev–Trinajstić information content (AvgIpc) is 2.31. The Bertz CT molecular complexity index is 374. The molecule has 0 aromatic heterocycles. The summed E-state index contributed by atoms with van der Waals surface area (Å²) in [6, 6.07) is 5.77. The lowest BCUT2D eigenvalue weighted by molar-refractivity contribution is -0.134. The van der Waals surface area contributed by atoms with Crippen molar-refractivity contribution < 1.29 is 9.53 Å². The molecule has 0 saturated heterocycles. The molecule has 0 amide bonds. The average molecular weight is 299 g/mol. The van der Waals surface area contributed by atoms with E-state index < -0.39 is 0 Å². The summed E-state index contributed by atoms with van der Waals surface area (Å²) in [6.07, 6.45) is 3.57. The van der Waals surface area contributed by atoms with Crippen LogP contribution in [0.3, 0.4) is 0 Å². The van der Waals surface area contributed by atoms with Gasteiger partial charge in [-0.2, -0.15) is 0 Å². The van der Waals surface area contributed by atoms with Gasteiger partial charge in [0.05, 0.1) is 0 Å². The highest BCUT2D eigenvalue weighted by atomic mass is 79.9. The summed E-state index contributed by atoms with van der Waals surface area (Å²) in [5.41, 5.74) is 2.19. The maximum atomic E-state index is 11.6. The molecule has 0 fully saturated rings. The summed E-state index contributed by atoms with van der Waals surface area (Å²) in [6.45, 7) is 3.99. The quantitative estimate of drug-likeness (QED) is 0.341. The fourth-order valence-corrected chi connectivity index (χ4v) is 1.95. The summed E-state index contributed by atoms with van der Waals surface area (Å²) >= 11 is 3.37. The third-order valence-electron chi connectivity index (χ3n) is 2.79. The van der Waals surface area contributed by atoms with Crippen molar-refractivity contribution in [2.75, 3.05) is 5.33 Å². The van der Waals surface area contributed by atoms with Gasteiger partial charge in [0, 0.05) is 11.8 Å². The van der Waals surface area contributed by atoms with Crippen molar-refractivity contribution >= 4 is 21.9 Å². The number of rotatable bonds is 6. The van der Waals surface area contributed by atoms with Crippen LogP contribution in [-0.2, 0) is 4.79 Å². The van der Waals surface area contributed by atoms with Crippen molar-refractivity contribution in [3.05, 3.63) is 29.3 Å². The zero-order chi connectivity index (χ0) is 12.7. The lowest BCUT2D eigenvalue weighted by Crippen LogP contribution is -2.08. The monoisotopic (exact) mass is 298 g/mol. The fourth-order valence-electron chi connectivity index (χ4n) is 1.55. The van der Waals surface area contributed by atoms with Crippen molar-refractivity contribution in [3.63, 3.8) is 0 Å². The first-order valence-electron chi connectivity index (χ1n) is 5.98. The van der Waals surface area contributed by atoms with E-state index in [4.69, 9.17) is 4.74 Å². The van der Waals surface area contributed by atoms with Crippen LogP contribution in [0, 0.1) is 13.8 Å². The van der Waals surface area contributed by atoms with E-state index in [2.05, 4.69) is 15.9 Å². The number of halogens is 1. The van der Waals surface area contributed by atoms with E-state index in [-0.39, 0.29) is 5.97 Å². The summed E-state index contributed by atoms with van der Waals surface area (Å²) < 4.78 is 5.36. The van der Waals surface area contributed by atoms with Crippen molar-refractivity contribution in [1.82, 2.24) is 0 Å². The Kier molecular flexibility index (Phi) is 6.27. The highest BCUT2D eigenvalue weighted by Crippen LogP contribution is 2.21. The van der Waals surface area contributed by atoms with E-state index in [1.165, 1.54) is 0 Å². The Labute approximate surface area is 111 Å². The van der Waals surface area contributed by atoms with Crippen molar-refractivity contribution in [1.29, 1.82) is 0 Å². The van der Waals surface area contributed by atoms with E-state index in [9.17, 15) is 4.79 Å². The molecule has 1 rings (SSSR count). The minimum absolute atomic E-state index is 0.131. The molecule has 0 N–H and O–H groups in total. The second kappa shape index (κ2) is 7.49. The zero-order valence-corrected chi connectivity index (χ0v) is 12.0. The molecular weight excluding hydrogens is 280 g/mol. The van der Waals surface area contributed by atoms with Crippen LogP contribution in [0.25, 0.3) is 0 Å². The summed E-state index contributed by atoms with van der Waals surface area (Å²) in [5, 5.41) is 0.999. The molecule has 0 radical (unpaired) electrons. The van der Waals surface area contributed by atoms with Gasteiger partial charge >= 0.3 is 5.97 Å². The number of unbranched alkanes of at least 4 members (excludes halogenated alkanes) is 2. The molecule has 0 spiro atoms. The van der Waals surface area contributed by atoms with Gasteiger partial charge in [0.25, 0.3) is 0 Å². The van der Waals surface area contributed by atoms with Crippen molar-refractivity contribution in [3.8, 4) is 5.75 Å². The first-order chi connectivity index (χ1) is 8.15. The van der Waals surface area contributed by atoms with Crippen LogP contribution in [0.5, 0.6) is 5.75 Å². The Morgan fingerprint density at radius 1 is 1.24 bits per heavy atom. The molecule has 1 aromatic carbocycles. The summed E-state index contributed by atoms with van der Waals surface area (Å²) in [7, 11) is 0. The fraction of sp³-hybridized carbons (Fsp3) is 0.500. The maximum absolute atomic E-state index is 11.6. The van der Waals surface area contributed by atoms with E-state index in [1.807, 2.05) is 32.0 Å². The topological polar surface area (TPSA) is 26.3 Å². The molecule has 0 atom stereocenters. The number of hydrogen-bond donors (Lipinski definition) is 0. The molecule has 0 heterocycles. The molecular formula is C14H19BrO2. The number of aryl methyl sites for hydroxylation is 1. The van der Waals surface area contributed by atoms with Crippen LogP contribution in [0.2, 0.25) is 0 Å². The number of carbonyl (C=O) groups excluding carboxylic acids is 1. The molecule has 1 aromatic rings. The van der Waals surface area contributed by atoms with Gasteiger partial charge in [-0.25, -0.2) is 0 Å². The smallest absolute Gasteiger partial charge is 0.311 e. The minimum Gasteiger partial charge on any atom is -0.426 e. The van der Waals surface area contributed by atoms with Gasteiger partial charge in [0.2, 0.25) is 0 Å². The molecule has 94 valence electrons. The predicted octanol–water partition coefficient (Wildman–Crippen LogP) is 4.16. The van der Waals surface area contributed by atoms with Crippen LogP contribution in [-0.4, -0.2) is 11.3 Å². The largest absolute Gasteiger partial charge is 0.426 e. The summed E-state index contributed by atoms with van der Waals surface area (Å²) in [4.78, 5) is 11.6. The van der Waals surface area contributed by atoms with Gasteiger partial charge < -0.3 is 4.74 Å². The SMILES string of the molecule is Cc1cccc(OC(=O)CCCCCBr)c1C. The Balaban J connectivity index is 2.43. The predicted molar refractivity (Wildman–Crippen MR) is 73.8 cm³/mol. The highest BCUT2D eigenvalue weighted by molar-refractivity contribution is 9.09. The third kappa shape index (κ3) is 4.90. The second-order valence-corrected chi connectivity index (χ2v) is 4.96. The third-order valence-corrected chi connectivity index (χ3v) is 3.35. The molecule has 0 unspecified atom stereocenters.